The van der Waals surface area contributed by atoms with Crippen molar-refractivity contribution in [3.05, 3.63) is 63.1 Å². The lowest BCUT2D eigenvalue weighted by atomic mass is 10.1. The Kier molecular flexibility index (Phi) is 3.84. The van der Waals surface area contributed by atoms with Crippen LogP contribution < -0.4 is 5.56 Å². The van der Waals surface area contributed by atoms with Crippen molar-refractivity contribution in [2.45, 2.75) is 26.3 Å². The van der Waals surface area contributed by atoms with E-state index in [4.69, 9.17) is 0 Å². The quantitative estimate of drug-likeness (QED) is 0.916. The van der Waals surface area contributed by atoms with Gasteiger partial charge in [0.15, 0.2) is 0 Å². The molecule has 1 aromatic heterocycles. The number of halogens is 1. The van der Waals surface area contributed by atoms with Gasteiger partial charge < -0.3 is 4.98 Å². The summed E-state index contributed by atoms with van der Waals surface area (Å²) in [4.78, 5) is 21.3. The third-order valence-electron chi connectivity index (χ3n) is 3.91. The van der Waals surface area contributed by atoms with E-state index in [1.54, 1.807) is 13.0 Å². The van der Waals surface area contributed by atoms with Crippen LogP contribution in [0.1, 0.15) is 22.6 Å². The first kappa shape index (κ1) is 13.9. The van der Waals surface area contributed by atoms with Crippen molar-refractivity contribution in [1.82, 2.24) is 14.9 Å². The minimum atomic E-state index is -0.175. The zero-order valence-electron chi connectivity index (χ0n) is 12.0. The lowest BCUT2D eigenvalue weighted by molar-refractivity contribution is 0.274. The van der Waals surface area contributed by atoms with Crippen molar-refractivity contribution in [3.8, 4) is 0 Å². The largest absolute Gasteiger partial charge is 0.311 e. The SMILES string of the molecule is Cc1nc2c(c(=O)[nH]1)CCN(Cc1ccccc1F)CC2. The second-order valence-electron chi connectivity index (χ2n) is 5.44. The van der Waals surface area contributed by atoms with Crippen molar-refractivity contribution in [1.29, 1.82) is 0 Å². The fraction of sp³-hybridized carbons (Fsp3) is 0.375. The Balaban J connectivity index is 1.78. The van der Waals surface area contributed by atoms with Crippen molar-refractivity contribution in [3.63, 3.8) is 0 Å². The van der Waals surface area contributed by atoms with Gasteiger partial charge in [-0.05, 0) is 19.4 Å². The molecular formula is C16H18FN3O. The molecule has 21 heavy (non-hydrogen) atoms. The molecule has 0 saturated carbocycles. The zero-order valence-corrected chi connectivity index (χ0v) is 12.0. The van der Waals surface area contributed by atoms with Crippen LogP contribution in [0.2, 0.25) is 0 Å². The van der Waals surface area contributed by atoms with Crippen LogP contribution in [0.3, 0.4) is 0 Å². The summed E-state index contributed by atoms with van der Waals surface area (Å²) in [5, 5.41) is 0. The van der Waals surface area contributed by atoms with E-state index in [1.165, 1.54) is 6.07 Å². The van der Waals surface area contributed by atoms with Crippen LogP contribution in [-0.4, -0.2) is 28.0 Å². The van der Waals surface area contributed by atoms with Crippen LogP contribution in [-0.2, 0) is 19.4 Å². The highest BCUT2D eigenvalue weighted by atomic mass is 19.1. The highest BCUT2D eigenvalue weighted by Crippen LogP contribution is 2.15. The lowest BCUT2D eigenvalue weighted by Crippen LogP contribution is -2.26. The average Bonchev–Trinajstić information content (AvgIpc) is 2.64. The van der Waals surface area contributed by atoms with Crippen molar-refractivity contribution in [2.24, 2.45) is 0 Å². The summed E-state index contributed by atoms with van der Waals surface area (Å²) in [5.74, 6) is 0.479. The van der Waals surface area contributed by atoms with Gasteiger partial charge in [0, 0.05) is 37.2 Å². The number of hydrogen-bond donors (Lipinski definition) is 1. The Morgan fingerprint density at radius 3 is 2.86 bits per heavy atom. The van der Waals surface area contributed by atoms with Crippen LogP contribution in [0.15, 0.2) is 29.1 Å². The molecule has 0 amide bonds. The van der Waals surface area contributed by atoms with Crippen LogP contribution in [0.5, 0.6) is 0 Å². The third kappa shape index (κ3) is 3.03. The molecule has 1 aliphatic rings. The molecule has 2 heterocycles. The Morgan fingerprint density at radius 1 is 1.29 bits per heavy atom. The number of hydrogen-bond acceptors (Lipinski definition) is 3. The zero-order chi connectivity index (χ0) is 14.8. The molecule has 1 aromatic carbocycles. The first-order chi connectivity index (χ1) is 10.1. The molecule has 3 rings (SSSR count). The van der Waals surface area contributed by atoms with Gasteiger partial charge in [-0.3, -0.25) is 9.69 Å². The maximum Gasteiger partial charge on any atom is 0.254 e. The molecular weight excluding hydrogens is 269 g/mol. The number of nitrogens with one attached hydrogen (secondary N) is 1. The molecule has 0 saturated heterocycles. The molecule has 5 heteroatoms. The summed E-state index contributed by atoms with van der Waals surface area (Å²) in [6.45, 7) is 3.90. The van der Waals surface area contributed by atoms with E-state index < -0.39 is 0 Å². The second-order valence-corrected chi connectivity index (χ2v) is 5.44. The van der Waals surface area contributed by atoms with E-state index in [9.17, 15) is 9.18 Å². The van der Waals surface area contributed by atoms with Crippen molar-refractivity contribution < 1.29 is 4.39 Å². The van der Waals surface area contributed by atoms with Gasteiger partial charge in [-0.1, -0.05) is 18.2 Å². The Bertz CT molecular complexity index is 711. The normalized spacial score (nSPS) is 15.5. The van der Waals surface area contributed by atoms with Gasteiger partial charge in [-0.25, -0.2) is 9.37 Å². The number of H-pyrrole nitrogens is 1. The molecule has 0 spiro atoms. The summed E-state index contributed by atoms with van der Waals surface area (Å²) < 4.78 is 13.7. The molecule has 0 unspecified atom stereocenters. The summed E-state index contributed by atoms with van der Waals surface area (Å²) >= 11 is 0. The van der Waals surface area contributed by atoms with Crippen molar-refractivity contribution in [2.75, 3.05) is 13.1 Å². The number of aromatic amines is 1. The standard InChI is InChI=1S/C16H18FN3O/c1-11-18-15-7-9-20(8-6-13(15)16(21)19-11)10-12-4-2-3-5-14(12)17/h2-5H,6-10H2,1H3,(H,18,19,21). The van der Waals surface area contributed by atoms with Gasteiger partial charge in [0.05, 0.1) is 5.69 Å². The van der Waals surface area contributed by atoms with Gasteiger partial charge in [0.25, 0.3) is 5.56 Å². The predicted molar refractivity (Wildman–Crippen MR) is 78.7 cm³/mol. The van der Waals surface area contributed by atoms with E-state index in [1.807, 2.05) is 12.1 Å². The van der Waals surface area contributed by atoms with Gasteiger partial charge in [0.2, 0.25) is 0 Å². The maximum absolute atomic E-state index is 13.7. The molecule has 1 N–H and O–H groups in total. The first-order valence-electron chi connectivity index (χ1n) is 7.18. The minimum Gasteiger partial charge on any atom is -0.311 e. The van der Waals surface area contributed by atoms with Crippen LogP contribution in [0.4, 0.5) is 4.39 Å². The topological polar surface area (TPSA) is 49.0 Å². The number of aromatic nitrogens is 2. The average molecular weight is 287 g/mol. The van der Waals surface area contributed by atoms with Gasteiger partial charge >= 0.3 is 0 Å². The lowest BCUT2D eigenvalue weighted by Gasteiger charge is -2.19. The van der Waals surface area contributed by atoms with E-state index >= 15 is 0 Å². The van der Waals surface area contributed by atoms with E-state index in [-0.39, 0.29) is 11.4 Å². The number of nitrogens with zero attached hydrogens (tertiary/aromatic N) is 2. The summed E-state index contributed by atoms with van der Waals surface area (Å²) in [5.41, 5.74) is 2.32. The smallest absolute Gasteiger partial charge is 0.254 e. The van der Waals surface area contributed by atoms with Crippen molar-refractivity contribution >= 4 is 0 Å². The molecule has 0 aliphatic carbocycles. The number of aryl methyl sites for hydroxylation is 1. The van der Waals surface area contributed by atoms with Crippen LogP contribution in [0, 0.1) is 12.7 Å². The number of benzene rings is 1. The number of rotatable bonds is 2. The van der Waals surface area contributed by atoms with E-state index in [2.05, 4.69) is 14.9 Å². The third-order valence-corrected chi connectivity index (χ3v) is 3.91. The molecule has 4 nitrogen and oxygen atoms in total. The van der Waals surface area contributed by atoms with Crippen LogP contribution in [0.25, 0.3) is 0 Å². The predicted octanol–water partition coefficient (Wildman–Crippen LogP) is 1.82. The molecule has 1 aliphatic heterocycles. The summed E-state index contributed by atoms with van der Waals surface area (Å²) in [7, 11) is 0. The highest BCUT2D eigenvalue weighted by Gasteiger charge is 2.18. The molecule has 0 bridgehead atoms. The number of fused-ring (bicyclic) bond motifs is 1. The molecule has 2 aromatic rings. The van der Waals surface area contributed by atoms with E-state index in [0.717, 1.165) is 30.8 Å². The van der Waals surface area contributed by atoms with E-state index in [0.29, 0.717) is 24.4 Å². The molecule has 0 atom stereocenters. The minimum absolute atomic E-state index is 0.0368. The highest BCUT2D eigenvalue weighted by molar-refractivity contribution is 5.21. The Morgan fingerprint density at radius 2 is 2.05 bits per heavy atom. The molecule has 110 valence electrons. The molecule has 0 radical (unpaired) electrons. The second kappa shape index (κ2) is 5.77. The fourth-order valence-electron chi connectivity index (χ4n) is 2.80. The fourth-order valence-corrected chi connectivity index (χ4v) is 2.80. The van der Waals surface area contributed by atoms with Gasteiger partial charge in [0.1, 0.15) is 11.6 Å². The Labute approximate surface area is 122 Å². The molecule has 0 fully saturated rings. The van der Waals surface area contributed by atoms with Gasteiger partial charge in [-0.15, -0.1) is 0 Å². The monoisotopic (exact) mass is 287 g/mol. The maximum atomic E-state index is 13.7. The van der Waals surface area contributed by atoms with Gasteiger partial charge in [-0.2, -0.15) is 0 Å². The van der Waals surface area contributed by atoms with Crippen LogP contribution >= 0.6 is 0 Å². The first-order valence-corrected chi connectivity index (χ1v) is 7.18. The summed E-state index contributed by atoms with van der Waals surface area (Å²) in [6, 6.07) is 6.84. The summed E-state index contributed by atoms with van der Waals surface area (Å²) in [6.07, 6.45) is 1.39. The Hall–Kier alpha value is -2.01.